The second-order valence-corrected chi connectivity index (χ2v) is 5.88. The fourth-order valence-corrected chi connectivity index (χ4v) is 2.58. The fourth-order valence-electron chi connectivity index (χ4n) is 2.25. The molecule has 1 aliphatic rings. The lowest BCUT2D eigenvalue weighted by molar-refractivity contribution is 0.151. The van der Waals surface area contributed by atoms with Gasteiger partial charge in [0.25, 0.3) is 6.71 Å². The van der Waals surface area contributed by atoms with Gasteiger partial charge in [-0.25, -0.2) is 10.2 Å². The standard InChI is InChI=1S/C9H9BrN2.C5H8BNO/c1-6-5-12(2)9-8(6)3-7(10)4-11-9;7-5-6-1-3-8-4-2-6/h3-5H,1-2H3;1-4H2. The zero-order chi connectivity index (χ0) is 14.5. The number of ether oxygens (including phenoxy) is 1. The van der Waals surface area contributed by atoms with Crippen molar-refractivity contribution >= 4 is 33.7 Å². The third-order valence-electron chi connectivity index (χ3n) is 3.38. The van der Waals surface area contributed by atoms with Crippen molar-refractivity contribution in [2.45, 2.75) is 19.6 Å². The van der Waals surface area contributed by atoms with Crippen LogP contribution in [0.1, 0.15) is 5.56 Å². The van der Waals surface area contributed by atoms with Crippen LogP contribution in [-0.4, -0.2) is 29.5 Å². The molecule has 0 saturated carbocycles. The van der Waals surface area contributed by atoms with Crippen LogP contribution in [0.3, 0.4) is 0 Å². The van der Waals surface area contributed by atoms with Gasteiger partial charge in [-0.3, -0.25) is 0 Å². The number of pyridine rings is 1. The monoisotopic (exact) mass is 333 g/mol. The van der Waals surface area contributed by atoms with Gasteiger partial charge in [-0.1, -0.05) is 0 Å². The molecule has 2 aromatic heterocycles. The fraction of sp³-hybridized carbons (Fsp3) is 0.429. The Kier molecular flexibility index (Phi) is 5.21. The van der Waals surface area contributed by atoms with E-state index in [0.29, 0.717) is 0 Å². The Morgan fingerprint density at radius 1 is 1.45 bits per heavy atom. The summed E-state index contributed by atoms with van der Waals surface area (Å²) in [6.07, 6.45) is 5.76. The van der Waals surface area contributed by atoms with Crippen molar-refractivity contribution in [3.05, 3.63) is 28.5 Å². The van der Waals surface area contributed by atoms with Gasteiger partial charge in [-0.05, 0) is 47.1 Å². The second-order valence-electron chi connectivity index (χ2n) is 4.96. The molecule has 4 nitrogen and oxygen atoms in total. The maximum absolute atomic E-state index is 8.39. The summed E-state index contributed by atoms with van der Waals surface area (Å²) in [5.74, 6) is 2.22. The first kappa shape index (κ1) is 15.1. The summed E-state index contributed by atoms with van der Waals surface area (Å²) in [6, 6.07) is 2.09. The number of aromatic nitrogens is 2. The van der Waals surface area contributed by atoms with Crippen molar-refractivity contribution in [3.63, 3.8) is 0 Å². The van der Waals surface area contributed by atoms with E-state index in [1.54, 1.807) is 0 Å². The van der Waals surface area contributed by atoms with Crippen molar-refractivity contribution in [1.82, 2.24) is 9.55 Å². The average molecular weight is 334 g/mol. The molecule has 20 heavy (non-hydrogen) atoms. The minimum atomic E-state index is 0.267. The highest BCUT2D eigenvalue weighted by Gasteiger charge is 2.16. The third kappa shape index (κ3) is 3.62. The van der Waals surface area contributed by atoms with Crippen LogP contribution in [0, 0.1) is 18.2 Å². The average Bonchev–Trinajstić information content (AvgIpc) is 2.75. The molecule has 6 heteroatoms. The molecule has 0 spiro atoms. The van der Waals surface area contributed by atoms with Crippen LogP contribution in [0.5, 0.6) is 0 Å². The molecule has 0 aromatic carbocycles. The van der Waals surface area contributed by atoms with Crippen molar-refractivity contribution in [2.24, 2.45) is 7.05 Å². The van der Waals surface area contributed by atoms with Gasteiger partial charge < -0.3 is 9.30 Å². The summed E-state index contributed by atoms with van der Waals surface area (Å²) in [6.45, 7) is 3.91. The van der Waals surface area contributed by atoms with E-state index < -0.39 is 0 Å². The molecule has 1 saturated heterocycles. The SMILES string of the molecule is Cc1cn(C)c2ncc(Br)cc12.N#CB1CCOCC1. The Bertz CT molecular complexity index is 629. The van der Waals surface area contributed by atoms with Gasteiger partial charge in [-0.2, -0.15) is 0 Å². The van der Waals surface area contributed by atoms with Crippen LogP contribution >= 0.6 is 15.9 Å². The first-order chi connectivity index (χ1) is 9.61. The number of hydrogen-bond acceptors (Lipinski definition) is 3. The molecule has 0 unspecified atom stereocenters. The zero-order valence-electron chi connectivity index (χ0n) is 11.8. The summed E-state index contributed by atoms with van der Waals surface area (Å²) < 4.78 is 8.12. The number of fused-ring (bicyclic) bond motifs is 1. The van der Waals surface area contributed by atoms with E-state index in [-0.39, 0.29) is 6.71 Å². The minimum Gasteiger partial charge on any atom is -0.383 e. The Morgan fingerprint density at radius 2 is 2.15 bits per heavy atom. The van der Waals surface area contributed by atoms with Crippen molar-refractivity contribution in [3.8, 4) is 5.97 Å². The van der Waals surface area contributed by atoms with Crippen LogP contribution in [0.2, 0.25) is 12.6 Å². The van der Waals surface area contributed by atoms with E-state index in [4.69, 9.17) is 10.00 Å². The van der Waals surface area contributed by atoms with Gasteiger partial charge in [0.1, 0.15) is 5.65 Å². The highest BCUT2D eigenvalue weighted by Crippen LogP contribution is 2.21. The molecule has 0 aliphatic carbocycles. The highest BCUT2D eigenvalue weighted by atomic mass is 79.9. The van der Waals surface area contributed by atoms with Crippen LogP contribution in [0.15, 0.2) is 22.9 Å². The number of rotatable bonds is 0. The quantitative estimate of drug-likeness (QED) is 0.695. The molecule has 3 rings (SSSR count). The van der Waals surface area contributed by atoms with Crippen LogP contribution in [0.4, 0.5) is 0 Å². The number of halogens is 1. The predicted molar refractivity (Wildman–Crippen MR) is 85.0 cm³/mol. The normalized spacial score (nSPS) is 14.6. The molecule has 3 heterocycles. The minimum absolute atomic E-state index is 0.267. The molecule has 1 aliphatic heterocycles. The molecule has 0 bridgehead atoms. The van der Waals surface area contributed by atoms with Crippen molar-refractivity contribution in [2.75, 3.05) is 13.2 Å². The Hall–Kier alpha value is -1.32. The van der Waals surface area contributed by atoms with E-state index in [9.17, 15) is 0 Å². The lowest BCUT2D eigenvalue weighted by atomic mass is 9.46. The van der Waals surface area contributed by atoms with E-state index in [1.807, 2.05) is 17.8 Å². The molecule has 2 aromatic rings. The Labute approximate surface area is 128 Å². The Balaban J connectivity index is 0.000000160. The number of hydrogen-bond donors (Lipinski definition) is 0. The van der Waals surface area contributed by atoms with Gasteiger partial charge in [0.05, 0.1) is 0 Å². The number of nitriles is 1. The highest BCUT2D eigenvalue weighted by molar-refractivity contribution is 9.10. The van der Waals surface area contributed by atoms with E-state index in [2.05, 4.69) is 46.1 Å². The Morgan fingerprint density at radius 3 is 2.75 bits per heavy atom. The third-order valence-corrected chi connectivity index (χ3v) is 3.82. The summed E-state index contributed by atoms with van der Waals surface area (Å²) in [7, 11) is 2.01. The summed E-state index contributed by atoms with van der Waals surface area (Å²) >= 11 is 3.40. The maximum Gasteiger partial charge on any atom is 0.272 e. The lowest BCUT2D eigenvalue weighted by Gasteiger charge is -2.11. The van der Waals surface area contributed by atoms with E-state index in [0.717, 1.165) is 36.0 Å². The number of nitrogens with zero attached hydrogens (tertiary/aromatic N) is 3. The van der Waals surface area contributed by atoms with Crippen LogP contribution in [-0.2, 0) is 11.8 Å². The lowest BCUT2D eigenvalue weighted by Crippen LogP contribution is -2.21. The summed E-state index contributed by atoms with van der Waals surface area (Å²) in [4.78, 5) is 4.32. The number of aryl methyl sites for hydroxylation is 2. The molecular weight excluding hydrogens is 317 g/mol. The van der Waals surface area contributed by atoms with Crippen molar-refractivity contribution in [1.29, 1.82) is 5.26 Å². The topological polar surface area (TPSA) is 50.8 Å². The second kappa shape index (κ2) is 6.91. The van der Waals surface area contributed by atoms with E-state index in [1.165, 1.54) is 10.9 Å². The van der Waals surface area contributed by atoms with Crippen molar-refractivity contribution < 1.29 is 4.74 Å². The molecule has 0 N–H and O–H groups in total. The zero-order valence-corrected chi connectivity index (χ0v) is 13.4. The first-order valence-corrected chi connectivity index (χ1v) is 7.45. The summed E-state index contributed by atoms with van der Waals surface area (Å²) in [5, 5.41) is 9.60. The maximum atomic E-state index is 8.39. The van der Waals surface area contributed by atoms with Crippen LogP contribution < -0.4 is 0 Å². The van der Waals surface area contributed by atoms with E-state index >= 15 is 0 Å². The van der Waals surface area contributed by atoms with Gasteiger partial charge in [-0.15, -0.1) is 0 Å². The van der Waals surface area contributed by atoms with Gasteiger partial charge in [0.2, 0.25) is 0 Å². The van der Waals surface area contributed by atoms with Gasteiger partial charge in [0, 0.05) is 48.5 Å². The van der Waals surface area contributed by atoms with Gasteiger partial charge >= 0.3 is 0 Å². The predicted octanol–water partition coefficient (Wildman–Crippen LogP) is 3.22. The van der Waals surface area contributed by atoms with Crippen LogP contribution in [0.25, 0.3) is 11.0 Å². The first-order valence-electron chi connectivity index (χ1n) is 6.66. The molecule has 0 radical (unpaired) electrons. The molecule has 104 valence electrons. The molecule has 0 amide bonds. The summed E-state index contributed by atoms with van der Waals surface area (Å²) in [5.41, 5.74) is 2.30. The molecule has 0 atom stereocenters. The molecular formula is C14H17BBrN3O. The smallest absolute Gasteiger partial charge is 0.272 e. The molecule has 1 fully saturated rings. The van der Waals surface area contributed by atoms with Gasteiger partial charge in [0.15, 0.2) is 0 Å². The largest absolute Gasteiger partial charge is 0.383 e.